The van der Waals surface area contributed by atoms with Crippen molar-refractivity contribution in [2.45, 2.75) is 19.5 Å². The third-order valence-corrected chi connectivity index (χ3v) is 2.86. The number of carbonyl (C=O) groups excluding carboxylic acids is 1. The lowest BCUT2D eigenvalue weighted by Gasteiger charge is -2.32. The van der Waals surface area contributed by atoms with Gasteiger partial charge in [0, 0.05) is 25.8 Å². The first-order valence-corrected chi connectivity index (χ1v) is 5.39. The fraction of sp³-hybridized carbons (Fsp3) is 0.455. The lowest BCUT2D eigenvalue weighted by Crippen LogP contribution is -2.53. The fourth-order valence-electron chi connectivity index (χ4n) is 1.87. The van der Waals surface area contributed by atoms with E-state index in [4.69, 9.17) is 5.73 Å². The SMILES string of the molecule is CC1C(=O)NCCN1Cc1ccnc(N)c1. The molecule has 0 aliphatic carbocycles. The van der Waals surface area contributed by atoms with Crippen LogP contribution < -0.4 is 11.1 Å². The minimum Gasteiger partial charge on any atom is -0.384 e. The van der Waals surface area contributed by atoms with Crippen molar-refractivity contribution in [3.8, 4) is 0 Å². The molecule has 1 saturated heterocycles. The number of piperazine rings is 1. The zero-order valence-corrected chi connectivity index (χ0v) is 9.31. The van der Waals surface area contributed by atoms with Gasteiger partial charge in [0.2, 0.25) is 5.91 Å². The molecule has 1 atom stereocenters. The lowest BCUT2D eigenvalue weighted by atomic mass is 10.1. The number of nitrogen functional groups attached to an aromatic ring is 1. The second-order valence-corrected chi connectivity index (χ2v) is 4.03. The topological polar surface area (TPSA) is 71.2 Å². The van der Waals surface area contributed by atoms with Crippen LogP contribution >= 0.6 is 0 Å². The molecule has 3 N–H and O–H groups in total. The Hall–Kier alpha value is -1.62. The summed E-state index contributed by atoms with van der Waals surface area (Å²) in [5.74, 6) is 0.611. The summed E-state index contributed by atoms with van der Waals surface area (Å²) in [6, 6.07) is 3.69. The van der Waals surface area contributed by atoms with Crippen molar-refractivity contribution < 1.29 is 4.79 Å². The van der Waals surface area contributed by atoms with Crippen molar-refractivity contribution in [1.29, 1.82) is 0 Å². The van der Waals surface area contributed by atoms with Gasteiger partial charge in [-0.3, -0.25) is 9.69 Å². The minimum atomic E-state index is -0.0804. The Morgan fingerprint density at radius 1 is 1.69 bits per heavy atom. The van der Waals surface area contributed by atoms with Crippen LogP contribution in [-0.4, -0.2) is 34.9 Å². The maximum Gasteiger partial charge on any atom is 0.237 e. The number of amides is 1. The van der Waals surface area contributed by atoms with E-state index in [1.165, 1.54) is 0 Å². The normalized spacial score (nSPS) is 21.8. The largest absolute Gasteiger partial charge is 0.384 e. The first-order valence-electron chi connectivity index (χ1n) is 5.39. The quantitative estimate of drug-likeness (QED) is 0.735. The van der Waals surface area contributed by atoms with E-state index in [2.05, 4.69) is 15.2 Å². The molecule has 1 aromatic rings. The van der Waals surface area contributed by atoms with Gasteiger partial charge in [-0.2, -0.15) is 0 Å². The Balaban J connectivity index is 2.06. The maximum atomic E-state index is 11.5. The Bertz CT molecular complexity index is 393. The van der Waals surface area contributed by atoms with E-state index in [0.29, 0.717) is 12.4 Å². The molecule has 0 spiro atoms. The lowest BCUT2D eigenvalue weighted by molar-refractivity contribution is -0.128. The van der Waals surface area contributed by atoms with Gasteiger partial charge in [0.15, 0.2) is 0 Å². The second kappa shape index (κ2) is 4.49. The second-order valence-electron chi connectivity index (χ2n) is 4.03. The van der Waals surface area contributed by atoms with Crippen molar-refractivity contribution in [3.05, 3.63) is 23.9 Å². The van der Waals surface area contributed by atoms with E-state index in [9.17, 15) is 4.79 Å². The van der Waals surface area contributed by atoms with Gasteiger partial charge < -0.3 is 11.1 Å². The van der Waals surface area contributed by atoms with Crippen LogP contribution in [0.3, 0.4) is 0 Å². The number of anilines is 1. The number of rotatable bonds is 2. The van der Waals surface area contributed by atoms with Crippen LogP contribution in [0.2, 0.25) is 0 Å². The van der Waals surface area contributed by atoms with Gasteiger partial charge in [0.05, 0.1) is 6.04 Å². The van der Waals surface area contributed by atoms with Crippen molar-refractivity contribution in [3.63, 3.8) is 0 Å². The highest BCUT2D eigenvalue weighted by molar-refractivity contribution is 5.81. The highest BCUT2D eigenvalue weighted by Crippen LogP contribution is 2.11. The Morgan fingerprint density at radius 3 is 3.25 bits per heavy atom. The maximum absolute atomic E-state index is 11.5. The predicted molar refractivity (Wildman–Crippen MR) is 61.5 cm³/mol. The summed E-state index contributed by atoms with van der Waals surface area (Å²) in [6.07, 6.45) is 1.69. The van der Waals surface area contributed by atoms with Gasteiger partial charge in [0.25, 0.3) is 0 Å². The van der Waals surface area contributed by atoms with Crippen LogP contribution in [0.5, 0.6) is 0 Å². The van der Waals surface area contributed by atoms with Crippen LogP contribution in [0.15, 0.2) is 18.3 Å². The van der Waals surface area contributed by atoms with Crippen LogP contribution in [-0.2, 0) is 11.3 Å². The smallest absolute Gasteiger partial charge is 0.237 e. The van der Waals surface area contributed by atoms with Crippen LogP contribution in [0.25, 0.3) is 0 Å². The molecule has 0 aromatic carbocycles. The number of hydrogen-bond acceptors (Lipinski definition) is 4. The monoisotopic (exact) mass is 220 g/mol. The van der Waals surface area contributed by atoms with Gasteiger partial charge in [-0.25, -0.2) is 4.98 Å². The summed E-state index contributed by atoms with van der Waals surface area (Å²) in [5.41, 5.74) is 6.71. The van der Waals surface area contributed by atoms with Gasteiger partial charge >= 0.3 is 0 Å². The number of carbonyl (C=O) groups is 1. The number of nitrogens with two attached hydrogens (primary N) is 1. The number of aromatic nitrogens is 1. The van der Waals surface area contributed by atoms with Crippen molar-refractivity contribution >= 4 is 11.7 Å². The third-order valence-electron chi connectivity index (χ3n) is 2.86. The molecule has 0 bridgehead atoms. The molecule has 1 fully saturated rings. The average Bonchev–Trinajstić information content (AvgIpc) is 2.25. The molecule has 1 unspecified atom stereocenters. The molecule has 1 aromatic heterocycles. The molecule has 16 heavy (non-hydrogen) atoms. The molecular weight excluding hydrogens is 204 g/mol. The van der Waals surface area contributed by atoms with Gasteiger partial charge in [0.1, 0.15) is 5.82 Å². The molecule has 0 radical (unpaired) electrons. The molecule has 1 amide bonds. The summed E-state index contributed by atoms with van der Waals surface area (Å²) in [6.45, 7) is 4.24. The summed E-state index contributed by atoms with van der Waals surface area (Å²) in [4.78, 5) is 17.6. The summed E-state index contributed by atoms with van der Waals surface area (Å²) in [7, 11) is 0. The molecule has 2 heterocycles. The van der Waals surface area contributed by atoms with Crippen LogP contribution in [0.1, 0.15) is 12.5 Å². The highest BCUT2D eigenvalue weighted by Gasteiger charge is 2.24. The first kappa shape index (κ1) is 10.9. The van der Waals surface area contributed by atoms with Gasteiger partial charge in [-0.15, -0.1) is 0 Å². The van der Waals surface area contributed by atoms with Gasteiger partial charge in [-0.1, -0.05) is 0 Å². The molecule has 2 rings (SSSR count). The van der Waals surface area contributed by atoms with Crippen LogP contribution in [0, 0.1) is 0 Å². The zero-order chi connectivity index (χ0) is 11.5. The van der Waals surface area contributed by atoms with E-state index in [0.717, 1.165) is 18.7 Å². The van der Waals surface area contributed by atoms with Gasteiger partial charge in [-0.05, 0) is 24.6 Å². The number of nitrogens with one attached hydrogen (secondary N) is 1. The first-order chi connectivity index (χ1) is 7.66. The summed E-state index contributed by atoms with van der Waals surface area (Å²) >= 11 is 0. The molecule has 0 saturated carbocycles. The van der Waals surface area contributed by atoms with E-state index < -0.39 is 0 Å². The summed E-state index contributed by atoms with van der Waals surface area (Å²) < 4.78 is 0. The third kappa shape index (κ3) is 2.30. The zero-order valence-electron chi connectivity index (χ0n) is 9.31. The molecule has 5 heteroatoms. The standard InChI is InChI=1S/C11H16N4O/c1-8-11(16)14-4-5-15(8)7-9-2-3-13-10(12)6-9/h2-3,6,8H,4-5,7H2,1H3,(H2,12,13)(H,14,16). The Labute approximate surface area is 94.6 Å². The van der Waals surface area contributed by atoms with E-state index in [1.807, 2.05) is 19.1 Å². The number of nitrogens with zero attached hydrogens (tertiary/aromatic N) is 2. The van der Waals surface area contributed by atoms with Crippen molar-refractivity contribution in [2.24, 2.45) is 0 Å². The van der Waals surface area contributed by atoms with Crippen LogP contribution in [0.4, 0.5) is 5.82 Å². The Kier molecular flexibility index (Phi) is 3.05. The highest BCUT2D eigenvalue weighted by atomic mass is 16.2. The van der Waals surface area contributed by atoms with E-state index in [1.54, 1.807) is 6.20 Å². The van der Waals surface area contributed by atoms with E-state index in [-0.39, 0.29) is 11.9 Å². The average molecular weight is 220 g/mol. The molecule has 1 aliphatic rings. The predicted octanol–water partition coefficient (Wildman–Crippen LogP) is -0.0159. The van der Waals surface area contributed by atoms with E-state index >= 15 is 0 Å². The number of pyridine rings is 1. The minimum absolute atomic E-state index is 0.0804. The van der Waals surface area contributed by atoms with Crippen molar-refractivity contribution in [1.82, 2.24) is 15.2 Å². The molecule has 86 valence electrons. The Morgan fingerprint density at radius 2 is 2.50 bits per heavy atom. The van der Waals surface area contributed by atoms with Crippen molar-refractivity contribution in [2.75, 3.05) is 18.8 Å². The molecule has 1 aliphatic heterocycles. The summed E-state index contributed by atoms with van der Waals surface area (Å²) in [5, 5.41) is 2.84. The fourth-order valence-corrected chi connectivity index (χ4v) is 1.87. The molecule has 5 nitrogen and oxygen atoms in total. The number of hydrogen-bond donors (Lipinski definition) is 2. The molecular formula is C11H16N4O.